The van der Waals surface area contributed by atoms with Crippen molar-refractivity contribution in [2.75, 3.05) is 13.7 Å². The quantitative estimate of drug-likeness (QED) is 0.699. The van der Waals surface area contributed by atoms with Crippen LogP contribution in [0.2, 0.25) is 5.02 Å². The maximum atomic E-state index is 6.15. The molecule has 0 N–H and O–H groups in total. The molecule has 25 heavy (non-hydrogen) atoms. The van der Waals surface area contributed by atoms with Crippen LogP contribution in [0, 0.1) is 0 Å². The van der Waals surface area contributed by atoms with Crippen LogP contribution in [0.3, 0.4) is 0 Å². The summed E-state index contributed by atoms with van der Waals surface area (Å²) in [5, 5.41) is 5.23. The number of hydrogen-bond acceptors (Lipinski definition) is 4. The van der Waals surface area contributed by atoms with E-state index in [9.17, 15) is 0 Å². The Hall–Kier alpha value is -2.37. The average molecular weight is 359 g/mol. The minimum atomic E-state index is 0.431. The van der Waals surface area contributed by atoms with Crippen LogP contribution in [-0.2, 0) is 17.9 Å². The highest BCUT2D eigenvalue weighted by Gasteiger charge is 2.29. The molecule has 3 rings (SSSR count). The predicted octanol–water partition coefficient (Wildman–Crippen LogP) is 4.14. The Kier molecular flexibility index (Phi) is 5.36. The fourth-order valence-corrected chi connectivity index (χ4v) is 2.97. The van der Waals surface area contributed by atoms with Gasteiger partial charge in [-0.3, -0.25) is 4.98 Å². The number of methoxy groups -OCH3 is 1. The molecule has 1 aromatic heterocycles. The van der Waals surface area contributed by atoms with E-state index in [1.54, 1.807) is 25.7 Å². The van der Waals surface area contributed by atoms with Gasteiger partial charge in [-0.2, -0.15) is 4.59 Å². The smallest absolute Gasteiger partial charge is 0.199 e. The predicted molar refractivity (Wildman–Crippen MR) is 98.1 cm³/mol. The van der Waals surface area contributed by atoms with E-state index in [0.29, 0.717) is 22.0 Å². The van der Waals surface area contributed by atoms with Crippen molar-refractivity contribution >= 4 is 17.8 Å². The number of pyridine rings is 1. The highest BCUT2D eigenvalue weighted by atomic mass is 35.5. The minimum Gasteiger partial charge on any atom is -0.495 e. The number of hydrogen-bond donors (Lipinski definition) is 0. The highest BCUT2D eigenvalue weighted by molar-refractivity contribution is 6.32. The van der Waals surface area contributed by atoms with E-state index in [1.807, 2.05) is 36.5 Å². The average Bonchev–Trinajstić information content (AvgIpc) is 3.04. The molecule has 1 aromatic carbocycles. The van der Waals surface area contributed by atoms with Crippen LogP contribution in [0.1, 0.15) is 18.1 Å². The zero-order valence-electron chi connectivity index (χ0n) is 14.4. The summed E-state index contributed by atoms with van der Waals surface area (Å²) in [7, 11) is 1.60. The van der Waals surface area contributed by atoms with Gasteiger partial charge in [-0.1, -0.05) is 22.8 Å². The van der Waals surface area contributed by atoms with Gasteiger partial charge in [0.2, 0.25) is 0 Å². The van der Waals surface area contributed by atoms with Crippen LogP contribution in [0.25, 0.3) is 0 Å². The molecule has 1 aliphatic heterocycles. The molecule has 0 fully saturated rings. The van der Waals surface area contributed by atoms with E-state index in [4.69, 9.17) is 21.1 Å². The number of benzene rings is 1. The van der Waals surface area contributed by atoms with E-state index in [1.165, 1.54) is 5.56 Å². The second-order valence-electron chi connectivity index (χ2n) is 5.85. The summed E-state index contributed by atoms with van der Waals surface area (Å²) in [4.78, 5) is 4.06. The van der Waals surface area contributed by atoms with Gasteiger partial charge >= 0.3 is 0 Å². The van der Waals surface area contributed by atoms with Gasteiger partial charge in [0.05, 0.1) is 12.1 Å². The van der Waals surface area contributed by atoms with Gasteiger partial charge in [0, 0.05) is 18.0 Å². The summed E-state index contributed by atoms with van der Waals surface area (Å²) in [6.07, 6.45) is 7.44. The number of allylic oxidation sites excluding steroid dienone is 1. The molecule has 2 aromatic rings. The molecule has 0 radical (unpaired) electrons. The van der Waals surface area contributed by atoms with Gasteiger partial charge < -0.3 is 9.47 Å². The maximum absolute atomic E-state index is 6.15. The van der Waals surface area contributed by atoms with Crippen LogP contribution >= 0.6 is 11.6 Å². The fraction of sp³-hybridized carbons (Fsp3) is 0.263. The molecule has 0 aliphatic carbocycles. The van der Waals surface area contributed by atoms with Crippen molar-refractivity contribution in [3.8, 4) is 5.75 Å². The first kappa shape index (κ1) is 17.5. The molecule has 1 unspecified atom stereocenters. The Labute approximate surface area is 152 Å². The monoisotopic (exact) mass is 358 g/mol. The Balaban J connectivity index is 1.66. The Morgan fingerprint density at radius 1 is 1.12 bits per heavy atom. The third-order valence-electron chi connectivity index (χ3n) is 4.16. The number of quaternary nitrogens is 1. The van der Waals surface area contributed by atoms with Crippen molar-refractivity contribution in [2.45, 2.75) is 20.1 Å². The lowest BCUT2D eigenvalue weighted by Crippen LogP contribution is -2.34. The summed E-state index contributed by atoms with van der Waals surface area (Å²) in [6.45, 7) is 4.17. The van der Waals surface area contributed by atoms with Gasteiger partial charge in [-0.05, 0) is 36.8 Å². The van der Waals surface area contributed by atoms with Crippen molar-refractivity contribution < 1.29 is 14.1 Å². The molecule has 0 saturated carbocycles. The summed E-state index contributed by atoms with van der Waals surface area (Å²) in [6, 6.07) is 9.66. The fourth-order valence-electron chi connectivity index (χ4n) is 2.69. The van der Waals surface area contributed by atoms with Crippen LogP contribution in [0.15, 0.2) is 59.8 Å². The summed E-state index contributed by atoms with van der Waals surface area (Å²) >= 11 is 6.15. The molecule has 1 atom stereocenters. The number of aromatic nitrogens is 1. The third-order valence-corrected chi connectivity index (χ3v) is 4.45. The van der Waals surface area contributed by atoms with Crippen molar-refractivity contribution in [2.24, 2.45) is 5.10 Å². The van der Waals surface area contributed by atoms with Crippen LogP contribution in [0.5, 0.6) is 5.75 Å². The molecule has 2 heterocycles. The minimum absolute atomic E-state index is 0.431. The van der Waals surface area contributed by atoms with E-state index < -0.39 is 0 Å². The van der Waals surface area contributed by atoms with Crippen molar-refractivity contribution in [3.63, 3.8) is 0 Å². The zero-order valence-corrected chi connectivity index (χ0v) is 15.1. The van der Waals surface area contributed by atoms with Gasteiger partial charge in [0.15, 0.2) is 12.0 Å². The van der Waals surface area contributed by atoms with Crippen LogP contribution in [-0.4, -0.2) is 29.4 Å². The SMILES string of the molecule is CC[N+]1(Cc2ccncc2)C=C(OCc2ccc(OC)c(Cl)c2)C=N1. The second-order valence-corrected chi connectivity index (χ2v) is 6.26. The molecule has 0 saturated heterocycles. The number of halogens is 1. The summed E-state index contributed by atoms with van der Waals surface area (Å²) in [5.41, 5.74) is 2.17. The molecule has 0 bridgehead atoms. The Morgan fingerprint density at radius 3 is 2.60 bits per heavy atom. The Bertz CT molecular complexity index is 793. The highest BCUT2D eigenvalue weighted by Crippen LogP contribution is 2.27. The molecule has 6 heteroatoms. The lowest BCUT2D eigenvalue weighted by molar-refractivity contribution is -0.895. The number of ether oxygens (including phenoxy) is 2. The van der Waals surface area contributed by atoms with Crippen molar-refractivity contribution in [1.82, 2.24) is 4.98 Å². The molecule has 0 amide bonds. The second kappa shape index (κ2) is 7.68. The maximum Gasteiger partial charge on any atom is 0.199 e. The third kappa shape index (κ3) is 4.18. The van der Waals surface area contributed by atoms with Gasteiger partial charge in [0.25, 0.3) is 0 Å². The largest absolute Gasteiger partial charge is 0.495 e. The lowest BCUT2D eigenvalue weighted by Gasteiger charge is -2.23. The Morgan fingerprint density at radius 2 is 1.92 bits per heavy atom. The summed E-state index contributed by atoms with van der Waals surface area (Å²) < 4.78 is 11.5. The first-order valence-corrected chi connectivity index (χ1v) is 8.51. The first-order chi connectivity index (χ1) is 12.1. The standard InChI is InChI=1S/C19H21ClN3O2/c1-3-23(12-15-6-8-21-9-7-15)13-17(11-22-23)25-14-16-4-5-19(24-2)18(20)10-16/h4-11,13H,3,12,14H2,1-2H3/q+1. The summed E-state index contributed by atoms with van der Waals surface area (Å²) in [5.74, 6) is 1.42. The molecule has 0 spiro atoms. The van der Waals surface area contributed by atoms with Crippen LogP contribution < -0.4 is 4.74 Å². The zero-order chi connectivity index (χ0) is 17.7. The van der Waals surface area contributed by atoms with Crippen LogP contribution in [0.4, 0.5) is 0 Å². The number of rotatable bonds is 7. The molecule has 130 valence electrons. The van der Waals surface area contributed by atoms with E-state index in [2.05, 4.69) is 17.0 Å². The number of nitrogens with zero attached hydrogens (tertiary/aromatic N) is 3. The van der Waals surface area contributed by atoms with Gasteiger partial charge in [-0.15, -0.1) is 0 Å². The van der Waals surface area contributed by atoms with Gasteiger partial charge in [-0.25, -0.2) is 0 Å². The topological polar surface area (TPSA) is 43.7 Å². The molecule has 1 aliphatic rings. The van der Waals surface area contributed by atoms with Crippen molar-refractivity contribution in [3.05, 3.63) is 70.8 Å². The van der Waals surface area contributed by atoms with E-state index in [-0.39, 0.29) is 0 Å². The lowest BCUT2D eigenvalue weighted by atomic mass is 10.2. The molecule has 5 nitrogen and oxygen atoms in total. The first-order valence-electron chi connectivity index (χ1n) is 8.13. The molecular weight excluding hydrogens is 338 g/mol. The van der Waals surface area contributed by atoms with E-state index in [0.717, 1.165) is 24.4 Å². The normalized spacial score (nSPS) is 18.9. The molecular formula is C19H21ClN3O2+. The van der Waals surface area contributed by atoms with Crippen molar-refractivity contribution in [1.29, 1.82) is 0 Å². The van der Waals surface area contributed by atoms with Gasteiger partial charge in [0.1, 0.15) is 31.7 Å². The van der Waals surface area contributed by atoms with E-state index >= 15 is 0 Å².